The lowest BCUT2D eigenvalue weighted by Gasteiger charge is -2.36. The van der Waals surface area contributed by atoms with Crippen LogP contribution in [-0.2, 0) is 16.6 Å². The molecule has 1 aliphatic heterocycles. The van der Waals surface area contributed by atoms with E-state index in [0.717, 1.165) is 12.1 Å². The highest BCUT2D eigenvalue weighted by Crippen LogP contribution is 2.38. The van der Waals surface area contributed by atoms with E-state index in [0.29, 0.717) is 23.6 Å². The molecule has 4 rings (SSSR count). The van der Waals surface area contributed by atoms with Crippen molar-refractivity contribution >= 4 is 10.0 Å². The first-order valence-corrected chi connectivity index (χ1v) is 10.6. The van der Waals surface area contributed by atoms with Crippen LogP contribution in [0.1, 0.15) is 17.3 Å². The number of sulfonamides is 1. The molecule has 1 aliphatic rings. The quantitative estimate of drug-likeness (QED) is 0.616. The summed E-state index contributed by atoms with van der Waals surface area (Å²) in [4.78, 5) is 0.0211. The Bertz CT molecular complexity index is 1190. The van der Waals surface area contributed by atoms with E-state index in [4.69, 9.17) is 9.47 Å². The zero-order valence-corrected chi connectivity index (χ0v) is 17.2. The van der Waals surface area contributed by atoms with Crippen molar-refractivity contribution in [1.82, 2.24) is 8.87 Å². The van der Waals surface area contributed by atoms with Crippen LogP contribution in [0.2, 0.25) is 0 Å². The number of aromatic nitrogens is 1. The first kappa shape index (κ1) is 20.4. The van der Waals surface area contributed by atoms with Crippen LogP contribution in [0.25, 0.3) is 0 Å². The van der Waals surface area contributed by atoms with Crippen LogP contribution in [0.4, 0.5) is 8.78 Å². The SMILES string of the molecule is COc1ccc(S(=O)(=O)N2CCn3cccc3[C@@H]2c2ccc(F)c(F)c2)cc1OC. The van der Waals surface area contributed by atoms with Gasteiger partial charge in [-0.25, -0.2) is 17.2 Å². The maximum atomic E-state index is 14.0. The van der Waals surface area contributed by atoms with Gasteiger partial charge in [-0.05, 0) is 42.0 Å². The van der Waals surface area contributed by atoms with Gasteiger partial charge in [-0.1, -0.05) is 6.07 Å². The normalized spacial score (nSPS) is 16.9. The van der Waals surface area contributed by atoms with Gasteiger partial charge >= 0.3 is 0 Å². The molecule has 158 valence electrons. The predicted molar refractivity (Wildman–Crippen MR) is 106 cm³/mol. The van der Waals surface area contributed by atoms with Gasteiger partial charge in [-0.15, -0.1) is 0 Å². The zero-order valence-electron chi connectivity index (χ0n) is 16.4. The van der Waals surface area contributed by atoms with Gasteiger partial charge < -0.3 is 14.0 Å². The maximum absolute atomic E-state index is 14.0. The van der Waals surface area contributed by atoms with Crippen molar-refractivity contribution in [2.45, 2.75) is 17.5 Å². The number of benzene rings is 2. The summed E-state index contributed by atoms with van der Waals surface area (Å²) >= 11 is 0. The molecule has 0 bridgehead atoms. The van der Waals surface area contributed by atoms with E-state index in [1.165, 1.54) is 42.8 Å². The van der Waals surface area contributed by atoms with Crippen molar-refractivity contribution in [3.05, 3.63) is 77.6 Å². The van der Waals surface area contributed by atoms with E-state index >= 15 is 0 Å². The number of fused-ring (bicyclic) bond motifs is 1. The monoisotopic (exact) mass is 434 g/mol. The number of hydrogen-bond acceptors (Lipinski definition) is 4. The Morgan fingerprint density at radius 2 is 1.70 bits per heavy atom. The van der Waals surface area contributed by atoms with E-state index in [-0.39, 0.29) is 17.2 Å². The minimum absolute atomic E-state index is 0.0211. The summed E-state index contributed by atoms with van der Waals surface area (Å²) in [5.74, 6) is -1.33. The minimum atomic E-state index is -3.99. The predicted octanol–water partition coefficient (Wildman–Crippen LogP) is 3.58. The molecule has 0 saturated carbocycles. The number of hydrogen-bond donors (Lipinski definition) is 0. The van der Waals surface area contributed by atoms with Crippen molar-refractivity contribution in [3.63, 3.8) is 0 Å². The molecule has 30 heavy (non-hydrogen) atoms. The van der Waals surface area contributed by atoms with Crippen LogP contribution in [0.3, 0.4) is 0 Å². The lowest BCUT2D eigenvalue weighted by Crippen LogP contribution is -2.42. The summed E-state index contributed by atoms with van der Waals surface area (Å²) in [6.45, 7) is 0.608. The first-order chi connectivity index (χ1) is 14.4. The van der Waals surface area contributed by atoms with Crippen LogP contribution in [0.15, 0.2) is 59.6 Å². The van der Waals surface area contributed by atoms with E-state index in [9.17, 15) is 17.2 Å². The fraction of sp³-hybridized carbons (Fsp3) is 0.238. The molecule has 9 heteroatoms. The molecule has 0 saturated heterocycles. The number of methoxy groups -OCH3 is 2. The Morgan fingerprint density at radius 1 is 0.933 bits per heavy atom. The Kier molecular flexibility index (Phi) is 5.25. The molecule has 2 aromatic carbocycles. The van der Waals surface area contributed by atoms with Gasteiger partial charge in [0.2, 0.25) is 10.0 Å². The molecule has 1 atom stereocenters. The second-order valence-electron chi connectivity index (χ2n) is 6.84. The van der Waals surface area contributed by atoms with Crippen molar-refractivity contribution < 1.29 is 26.7 Å². The van der Waals surface area contributed by atoms with Crippen LogP contribution < -0.4 is 9.47 Å². The van der Waals surface area contributed by atoms with Crippen LogP contribution in [0, 0.1) is 11.6 Å². The molecular weight excluding hydrogens is 414 g/mol. The van der Waals surface area contributed by atoms with Gasteiger partial charge in [0.25, 0.3) is 0 Å². The lowest BCUT2D eigenvalue weighted by molar-refractivity contribution is 0.297. The van der Waals surface area contributed by atoms with Gasteiger partial charge in [-0.2, -0.15) is 4.31 Å². The standard InChI is InChI=1S/C21H20F2N2O4S/c1-28-19-8-6-15(13-20(19)29-2)30(26,27)25-11-10-24-9-3-4-18(24)21(25)14-5-7-16(22)17(23)12-14/h3-9,12-13,21H,10-11H2,1-2H3/t21-/m0/s1. The third-order valence-electron chi connectivity index (χ3n) is 5.22. The highest BCUT2D eigenvalue weighted by Gasteiger charge is 2.38. The largest absolute Gasteiger partial charge is 0.493 e. The molecule has 0 spiro atoms. The Balaban J connectivity index is 1.84. The van der Waals surface area contributed by atoms with Gasteiger partial charge in [-0.3, -0.25) is 0 Å². The smallest absolute Gasteiger partial charge is 0.244 e. The minimum Gasteiger partial charge on any atom is -0.493 e. The van der Waals surface area contributed by atoms with E-state index < -0.39 is 27.7 Å². The third-order valence-corrected chi connectivity index (χ3v) is 7.08. The molecule has 3 aromatic rings. The van der Waals surface area contributed by atoms with Gasteiger partial charge in [0.05, 0.1) is 25.2 Å². The molecule has 0 radical (unpaired) electrons. The van der Waals surface area contributed by atoms with E-state index in [2.05, 4.69) is 0 Å². The summed E-state index contributed by atoms with van der Waals surface area (Å²) in [6.07, 6.45) is 1.84. The second-order valence-corrected chi connectivity index (χ2v) is 8.73. The van der Waals surface area contributed by atoms with Crippen LogP contribution >= 0.6 is 0 Å². The molecule has 6 nitrogen and oxygen atoms in total. The first-order valence-electron chi connectivity index (χ1n) is 9.20. The van der Waals surface area contributed by atoms with E-state index in [1.54, 1.807) is 12.1 Å². The molecule has 1 aromatic heterocycles. The van der Waals surface area contributed by atoms with Gasteiger partial charge in [0.15, 0.2) is 23.1 Å². The summed E-state index contributed by atoms with van der Waals surface area (Å²) in [5.41, 5.74) is 1.02. The molecule has 0 fully saturated rings. The summed E-state index contributed by atoms with van der Waals surface area (Å²) in [6, 6.07) is 10.6. The summed E-state index contributed by atoms with van der Waals surface area (Å²) < 4.78 is 68.3. The molecule has 0 unspecified atom stereocenters. The third kappa shape index (κ3) is 3.33. The van der Waals surface area contributed by atoms with Gasteiger partial charge in [0.1, 0.15) is 0 Å². The molecule has 0 aliphatic carbocycles. The lowest BCUT2D eigenvalue weighted by atomic mass is 10.0. The van der Waals surface area contributed by atoms with Crippen molar-refractivity contribution in [2.24, 2.45) is 0 Å². The Labute approximate surface area is 173 Å². The molecule has 0 amide bonds. The fourth-order valence-electron chi connectivity index (χ4n) is 3.75. The highest BCUT2D eigenvalue weighted by atomic mass is 32.2. The topological polar surface area (TPSA) is 60.8 Å². The fourth-order valence-corrected chi connectivity index (χ4v) is 5.35. The average molecular weight is 434 g/mol. The van der Waals surface area contributed by atoms with Crippen molar-refractivity contribution in [3.8, 4) is 11.5 Å². The average Bonchev–Trinajstić information content (AvgIpc) is 3.23. The number of nitrogens with zero attached hydrogens (tertiary/aromatic N) is 2. The maximum Gasteiger partial charge on any atom is 0.244 e. The Morgan fingerprint density at radius 3 is 2.40 bits per heavy atom. The molecular formula is C21H20F2N2O4S. The molecule has 2 heterocycles. The van der Waals surface area contributed by atoms with Crippen LogP contribution in [-0.4, -0.2) is 38.1 Å². The number of rotatable bonds is 5. The van der Waals surface area contributed by atoms with Crippen molar-refractivity contribution in [1.29, 1.82) is 0 Å². The second kappa shape index (κ2) is 7.73. The van der Waals surface area contributed by atoms with Gasteiger partial charge in [0, 0.05) is 31.0 Å². The molecule has 0 N–H and O–H groups in total. The summed E-state index contributed by atoms with van der Waals surface area (Å²) in [5, 5.41) is 0. The summed E-state index contributed by atoms with van der Waals surface area (Å²) in [7, 11) is -1.11. The van der Waals surface area contributed by atoms with Crippen molar-refractivity contribution in [2.75, 3.05) is 20.8 Å². The number of ether oxygens (including phenoxy) is 2. The number of halogens is 2. The van der Waals surface area contributed by atoms with E-state index in [1.807, 2.05) is 10.8 Å². The zero-order chi connectivity index (χ0) is 21.5. The van der Waals surface area contributed by atoms with Crippen LogP contribution in [0.5, 0.6) is 11.5 Å². The highest BCUT2D eigenvalue weighted by molar-refractivity contribution is 7.89. The Hall–Kier alpha value is -2.91.